The highest BCUT2D eigenvalue weighted by Crippen LogP contribution is 2.50. The van der Waals surface area contributed by atoms with E-state index in [1.54, 1.807) is 19.0 Å². The molecule has 0 saturated heterocycles. The van der Waals surface area contributed by atoms with Gasteiger partial charge >= 0.3 is 18.4 Å². The molecule has 0 aromatic heterocycles. The third-order valence-corrected chi connectivity index (χ3v) is 5.54. The zero-order chi connectivity index (χ0) is 29.7. The highest BCUT2D eigenvalue weighted by Gasteiger charge is 2.44. The van der Waals surface area contributed by atoms with Gasteiger partial charge in [-0.25, -0.2) is 9.18 Å². The highest BCUT2D eigenvalue weighted by molar-refractivity contribution is 6.35. The number of nitrogens with zero attached hydrogens (tertiary/aromatic N) is 3. The van der Waals surface area contributed by atoms with Gasteiger partial charge in [-0.2, -0.15) is 26.3 Å². The van der Waals surface area contributed by atoms with Crippen molar-refractivity contribution in [3.8, 4) is 5.75 Å². The number of halogens is 8. The van der Waals surface area contributed by atoms with Crippen LogP contribution in [0.4, 0.5) is 46.9 Å². The lowest BCUT2D eigenvalue weighted by atomic mass is 10.1. The van der Waals surface area contributed by atoms with Gasteiger partial charge in [0.05, 0.1) is 29.7 Å². The highest BCUT2D eigenvalue weighted by atomic mass is 35.5. The molecule has 1 atom stereocenters. The number of anilines is 2. The molecule has 0 radical (unpaired) electrons. The van der Waals surface area contributed by atoms with Crippen molar-refractivity contribution in [2.75, 3.05) is 50.7 Å². The van der Waals surface area contributed by atoms with Gasteiger partial charge in [0.15, 0.2) is 5.75 Å². The summed E-state index contributed by atoms with van der Waals surface area (Å²) in [4.78, 5) is 15.7. The summed E-state index contributed by atoms with van der Waals surface area (Å²) >= 11 is 5.94. The van der Waals surface area contributed by atoms with Crippen LogP contribution in [0, 0.1) is 11.2 Å². The van der Waals surface area contributed by atoms with E-state index in [9.17, 15) is 40.6 Å². The minimum absolute atomic E-state index is 0.00465. The SMILES string of the molecule is CN(C)CC(O)CNCN(C=N)c1c(Cl)c(C(F)(F)F)cc(C(F)(F)F)c1OC(=O)N(C)c1ccc(F)cc1. The molecule has 1 unspecified atom stereocenters. The minimum Gasteiger partial charge on any atom is -0.407 e. The van der Waals surface area contributed by atoms with Crippen molar-refractivity contribution in [2.45, 2.75) is 18.5 Å². The van der Waals surface area contributed by atoms with Crippen molar-refractivity contribution >= 4 is 35.4 Å². The number of benzene rings is 2. The first-order valence-electron chi connectivity index (χ1n) is 11.0. The summed E-state index contributed by atoms with van der Waals surface area (Å²) in [7, 11) is 4.41. The molecule has 0 saturated carbocycles. The first-order chi connectivity index (χ1) is 18.0. The van der Waals surface area contributed by atoms with Gasteiger partial charge in [0.2, 0.25) is 0 Å². The normalized spacial score (nSPS) is 12.8. The van der Waals surface area contributed by atoms with Gasteiger partial charge in [0.1, 0.15) is 17.1 Å². The summed E-state index contributed by atoms with van der Waals surface area (Å²) in [5.41, 5.74) is -4.92. The maximum atomic E-state index is 14.0. The smallest absolute Gasteiger partial charge is 0.407 e. The summed E-state index contributed by atoms with van der Waals surface area (Å²) < 4.78 is 101. The number of hydrogen-bond acceptors (Lipinski definition) is 6. The van der Waals surface area contributed by atoms with E-state index >= 15 is 0 Å². The average molecular weight is 588 g/mol. The molecule has 0 heterocycles. The number of alkyl halides is 6. The van der Waals surface area contributed by atoms with Gasteiger partial charge in [0.25, 0.3) is 0 Å². The van der Waals surface area contributed by atoms with Crippen LogP contribution in [0.2, 0.25) is 5.02 Å². The molecule has 16 heteroatoms. The van der Waals surface area contributed by atoms with Crippen LogP contribution in [0.15, 0.2) is 30.3 Å². The topological polar surface area (TPSA) is 92.1 Å². The van der Waals surface area contributed by atoms with Gasteiger partial charge in [-0.15, -0.1) is 0 Å². The Morgan fingerprint density at radius 3 is 2.15 bits per heavy atom. The van der Waals surface area contributed by atoms with E-state index in [0.29, 0.717) is 16.1 Å². The zero-order valence-electron chi connectivity index (χ0n) is 20.8. The lowest BCUT2D eigenvalue weighted by Crippen LogP contribution is -2.41. The predicted molar refractivity (Wildman–Crippen MR) is 131 cm³/mol. The van der Waals surface area contributed by atoms with Crippen LogP contribution >= 0.6 is 11.6 Å². The maximum Gasteiger partial charge on any atom is 0.420 e. The molecule has 0 aliphatic heterocycles. The number of aliphatic hydroxyl groups excluding tert-OH is 1. The molecule has 3 N–H and O–H groups in total. The second-order valence-electron chi connectivity index (χ2n) is 8.49. The number of hydrogen-bond donors (Lipinski definition) is 3. The largest absolute Gasteiger partial charge is 0.420 e. The van der Waals surface area contributed by atoms with E-state index in [2.05, 4.69) is 5.32 Å². The van der Waals surface area contributed by atoms with Gasteiger partial charge in [-0.3, -0.25) is 15.6 Å². The van der Waals surface area contributed by atoms with Crippen LogP contribution in [0.3, 0.4) is 0 Å². The molecule has 2 aromatic rings. The van der Waals surface area contributed by atoms with Crippen molar-refractivity contribution in [1.29, 1.82) is 5.41 Å². The summed E-state index contributed by atoms with van der Waals surface area (Å²) in [6.45, 7) is -0.572. The van der Waals surface area contributed by atoms with Crippen molar-refractivity contribution in [3.63, 3.8) is 0 Å². The van der Waals surface area contributed by atoms with E-state index in [-0.39, 0.29) is 24.8 Å². The lowest BCUT2D eigenvalue weighted by Gasteiger charge is -2.28. The van der Waals surface area contributed by atoms with E-state index < -0.39 is 64.6 Å². The molecule has 216 valence electrons. The van der Waals surface area contributed by atoms with Crippen LogP contribution in [-0.2, 0) is 12.4 Å². The van der Waals surface area contributed by atoms with Crippen LogP contribution in [0.25, 0.3) is 0 Å². The fraction of sp³-hybridized carbons (Fsp3) is 0.391. The Morgan fingerprint density at radius 2 is 1.67 bits per heavy atom. The third-order valence-electron chi connectivity index (χ3n) is 5.16. The number of ether oxygens (including phenoxy) is 1. The summed E-state index contributed by atoms with van der Waals surface area (Å²) in [6.07, 6.45) is -12.9. The summed E-state index contributed by atoms with van der Waals surface area (Å²) in [5, 5.41) is 19.0. The summed E-state index contributed by atoms with van der Waals surface area (Å²) in [6, 6.07) is 3.88. The predicted octanol–water partition coefficient (Wildman–Crippen LogP) is 5.03. The van der Waals surface area contributed by atoms with Crippen LogP contribution in [0.5, 0.6) is 5.75 Å². The minimum atomic E-state index is -5.45. The van der Waals surface area contributed by atoms with Crippen LogP contribution in [0.1, 0.15) is 11.1 Å². The van der Waals surface area contributed by atoms with Gasteiger partial charge in [0, 0.05) is 25.8 Å². The first kappa shape index (κ1) is 32.1. The van der Waals surface area contributed by atoms with Crippen molar-refractivity contribution in [2.24, 2.45) is 0 Å². The Hall–Kier alpha value is -3.14. The van der Waals surface area contributed by atoms with Crippen LogP contribution < -0.4 is 19.9 Å². The zero-order valence-corrected chi connectivity index (χ0v) is 21.5. The second-order valence-corrected chi connectivity index (χ2v) is 8.87. The quantitative estimate of drug-likeness (QED) is 0.156. The van der Waals surface area contributed by atoms with E-state index in [0.717, 1.165) is 31.3 Å². The Morgan fingerprint density at radius 1 is 1.10 bits per heavy atom. The standard InChI is InChI=1S/C23H25ClF7N5O3/c1-34(2)10-15(37)9-33-12-36(11-32)19-18(24)16(22(26,27)28)8-17(23(29,30)31)20(19)39-21(38)35(3)14-6-4-13(25)5-7-14/h4-8,11,15,32-33,37H,9-10,12H2,1-3H3. The van der Waals surface area contributed by atoms with Crippen molar-refractivity contribution in [3.05, 3.63) is 52.3 Å². The molecule has 1 amide bonds. The molecule has 0 aliphatic rings. The van der Waals surface area contributed by atoms with E-state index in [1.807, 2.05) is 0 Å². The second kappa shape index (κ2) is 12.8. The molecule has 39 heavy (non-hydrogen) atoms. The number of carbonyl (C=O) groups is 1. The number of nitrogens with one attached hydrogen (secondary N) is 2. The van der Waals surface area contributed by atoms with Crippen molar-refractivity contribution < 1.29 is 45.4 Å². The third kappa shape index (κ3) is 8.42. The molecular formula is C23H25ClF7N5O3. The number of likely N-dealkylation sites (N-methyl/N-ethyl adjacent to an activating group) is 1. The number of carbonyl (C=O) groups excluding carboxylic acids is 1. The molecule has 0 fully saturated rings. The van der Waals surface area contributed by atoms with Gasteiger partial charge in [-0.05, 0) is 44.4 Å². The maximum absolute atomic E-state index is 14.0. The number of amides is 1. The van der Waals surface area contributed by atoms with Gasteiger partial charge in [-0.1, -0.05) is 11.6 Å². The molecule has 8 nitrogen and oxygen atoms in total. The molecule has 2 aromatic carbocycles. The Bertz CT molecular complexity index is 1160. The van der Waals surface area contributed by atoms with Gasteiger partial charge < -0.3 is 19.6 Å². The number of rotatable bonds is 10. The average Bonchev–Trinajstić information content (AvgIpc) is 2.80. The number of aliphatic hydroxyl groups is 1. The Balaban J connectivity index is 2.62. The fourth-order valence-corrected chi connectivity index (χ4v) is 3.71. The molecule has 0 aliphatic carbocycles. The Labute approximate surface area is 224 Å². The first-order valence-corrected chi connectivity index (χ1v) is 11.4. The molecule has 2 rings (SSSR count). The summed E-state index contributed by atoms with van der Waals surface area (Å²) in [5.74, 6) is -2.06. The Kier molecular flexibility index (Phi) is 10.5. The van der Waals surface area contributed by atoms with E-state index in [1.165, 1.54) is 0 Å². The van der Waals surface area contributed by atoms with E-state index in [4.69, 9.17) is 21.7 Å². The lowest BCUT2D eigenvalue weighted by molar-refractivity contribution is -0.143. The molecule has 0 spiro atoms. The fourth-order valence-electron chi connectivity index (χ4n) is 3.36. The van der Waals surface area contributed by atoms with Crippen molar-refractivity contribution in [1.82, 2.24) is 10.2 Å². The monoisotopic (exact) mass is 587 g/mol. The van der Waals surface area contributed by atoms with Crippen LogP contribution in [-0.4, -0.2) is 69.4 Å². The molecular weight excluding hydrogens is 563 g/mol. The molecule has 0 bridgehead atoms.